The molecule has 4 N–H and O–H groups in total. The van der Waals surface area contributed by atoms with Crippen molar-refractivity contribution in [3.05, 3.63) is 12.2 Å². The fourth-order valence-corrected chi connectivity index (χ4v) is 9.27. The van der Waals surface area contributed by atoms with Crippen LogP contribution in [0.25, 0.3) is 0 Å². The molecule has 0 saturated heterocycles. The van der Waals surface area contributed by atoms with E-state index in [2.05, 4.69) is 34.3 Å². The molecular weight excluding hydrogens is 400 g/mol. The maximum atomic E-state index is 11.6. The lowest BCUT2D eigenvalue weighted by Crippen LogP contribution is -2.72. The van der Waals surface area contributed by atoms with Crippen LogP contribution in [0.15, 0.2) is 12.2 Å². The first-order valence-corrected chi connectivity index (χ1v) is 13.3. The van der Waals surface area contributed by atoms with Crippen LogP contribution in [-0.2, 0) is 0 Å². The zero-order valence-corrected chi connectivity index (χ0v) is 21.1. The molecule has 0 aromatic heterocycles. The quantitative estimate of drug-likeness (QED) is 0.460. The van der Waals surface area contributed by atoms with E-state index < -0.39 is 29.3 Å². The van der Waals surface area contributed by atoms with Crippen LogP contribution in [0.3, 0.4) is 0 Å². The van der Waals surface area contributed by atoms with E-state index in [1.54, 1.807) is 0 Å². The van der Waals surface area contributed by atoms with Gasteiger partial charge in [-0.3, -0.25) is 0 Å². The average Bonchev–Trinajstić information content (AvgIpc) is 3.06. The van der Waals surface area contributed by atoms with Crippen LogP contribution in [0.5, 0.6) is 0 Å². The van der Waals surface area contributed by atoms with Gasteiger partial charge in [-0.05, 0) is 99.2 Å². The number of allylic oxidation sites excluding steroid dienone is 1. The Balaban J connectivity index is 1.56. The highest BCUT2D eigenvalue weighted by Gasteiger charge is 2.70. The second-order valence-corrected chi connectivity index (χ2v) is 13.0. The van der Waals surface area contributed by atoms with Crippen molar-refractivity contribution in [3.63, 3.8) is 0 Å². The summed E-state index contributed by atoms with van der Waals surface area (Å²) < 4.78 is 0. The van der Waals surface area contributed by atoms with E-state index in [0.29, 0.717) is 42.4 Å². The van der Waals surface area contributed by atoms with Gasteiger partial charge in [0.1, 0.15) is 5.60 Å². The third-order valence-corrected chi connectivity index (χ3v) is 11.6. The molecule has 4 nitrogen and oxygen atoms in total. The van der Waals surface area contributed by atoms with Crippen LogP contribution >= 0.6 is 0 Å². The predicted octanol–water partition coefficient (Wildman–Crippen LogP) is 4.69. The molecule has 0 bridgehead atoms. The molecule has 0 aliphatic heterocycles. The molecule has 32 heavy (non-hydrogen) atoms. The number of rotatable bonds is 5. The molecule has 0 aromatic carbocycles. The van der Waals surface area contributed by atoms with E-state index in [1.807, 2.05) is 6.92 Å². The third kappa shape index (κ3) is 3.46. The summed E-state index contributed by atoms with van der Waals surface area (Å²) in [7, 11) is 0. The van der Waals surface area contributed by atoms with Crippen molar-refractivity contribution in [3.8, 4) is 0 Å². The van der Waals surface area contributed by atoms with Crippen LogP contribution < -0.4 is 0 Å². The maximum Gasteiger partial charge on any atom is 0.101 e. The van der Waals surface area contributed by atoms with Crippen molar-refractivity contribution in [2.75, 3.05) is 0 Å². The molecule has 3 unspecified atom stereocenters. The second kappa shape index (κ2) is 8.36. The topological polar surface area (TPSA) is 80.9 Å². The van der Waals surface area contributed by atoms with Crippen molar-refractivity contribution in [2.24, 2.45) is 46.3 Å². The van der Waals surface area contributed by atoms with Crippen LogP contribution in [0.2, 0.25) is 0 Å². The number of hydrogen-bond acceptors (Lipinski definition) is 4. The largest absolute Gasteiger partial charge is 0.393 e. The fourth-order valence-electron chi connectivity index (χ4n) is 9.27. The van der Waals surface area contributed by atoms with E-state index in [0.717, 1.165) is 12.8 Å². The van der Waals surface area contributed by atoms with Crippen molar-refractivity contribution < 1.29 is 20.4 Å². The lowest BCUT2D eigenvalue weighted by atomic mass is 9.41. The minimum absolute atomic E-state index is 0.174. The summed E-state index contributed by atoms with van der Waals surface area (Å²) in [5, 5.41) is 44.2. The lowest BCUT2D eigenvalue weighted by Gasteiger charge is -2.66. The van der Waals surface area contributed by atoms with Crippen LogP contribution in [-0.4, -0.2) is 44.3 Å². The molecule has 12 atom stereocenters. The van der Waals surface area contributed by atoms with Gasteiger partial charge in [-0.25, -0.2) is 0 Å². The second-order valence-electron chi connectivity index (χ2n) is 13.0. The Labute approximate surface area is 195 Å². The van der Waals surface area contributed by atoms with Gasteiger partial charge in [0.15, 0.2) is 0 Å². The van der Waals surface area contributed by atoms with Gasteiger partial charge in [-0.2, -0.15) is 0 Å². The van der Waals surface area contributed by atoms with Crippen LogP contribution in [0.1, 0.15) is 92.4 Å². The first kappa shape index (κ1) is 24.7. The zero-order chi connectivity index (χ0) is 23.6. The zero-order valence-electron chi connectivity index (χ0n) is 21.1. The molecule has 4 aliphatic rings. The first-order chi connectivity index (χ1) is 14.9. The summed E-state index contributed by atoms with van der Waals surface area (Å²) in [5.41, 5.74) is -0.599. The molecule has 4 rings (SSSR count). The molecule has 4 aliphatic carbocycles. The number of hydrogen-bond donors (Lipinski definition) is 4. The van der Waals surface area contributed by atoms with Crippen molar-refractivity contribution in [1.82, 2.24) is 0 Å². The summed E-state index contributed by atoms with van der Waals surface area (Å²) in [6, 6.07) is 0. The van der Waals surface area contributed by atoms with Gasteiger partial charge in [0.05, 0.1) is 18.3 Å². The van der Waals surface area contributed by atoms with Gasteiger partial charge in [0.25, 0.3) is 0 Å². The SMILES string of the molecule is C=C(C)[C@@H](C)CC[C@@H](C)[C@H]1CCC2C3C[C@@H](O)[C@@]4(O)C[C@@H](O)C[C@@H](O)[C@]4(C)C3CC[C@@]21C. The Kier molecular flexibility index (Phi) is 6.45. The first-order valence-electron chi connectivity index (χ1n) is 13.3. The molecule has 184 valence electrons. The molecular formula is C28H48O4. The van der Waals surface area contributed by atoms with Crippen molar-refractivity contribution in [2.45, 2.75) is 116 Å². The summed E-state index contributed by atoms with van der Waals surface area (Å²) in [6.07, 6.45) is 5.72. The Morgan fingerprint density at radius 2 is 1.66 bits per heavy atom. The van der Waals surface area contributed by atoms with E-state index in [9.17, 15) is 20.4 Å². The van der Waals surface area contributed by atoms with Gasteiger partial charge >= 0.3 is 0 Å². The predicted molar refractivity (Wildman–Crippen MR) is 128 cm³/mol. The Hall–Kier alpha value is -0.420. The van der Waals surface area contributed by atoms with Crippen LogP contribution in [0, 0.1) is 46.3 Å². The minimum atomic E-state index is -1.40. The van der Waals surface area contributed by atoms with E-state index in [-0.39, 0.29) is 17.8 Å². The highest BCUT2D eigenvalue weighted by molar-refractivity contribution is 5.19. The molecule has 0 amide bonds. The Bertz CT molecular complexity index is 722. The smallest absolute Gasteiger partial charge is 0.101 e. The molecule has 4 fully saturated rings. The molecule has 4 saturated carbocycles. The molecule has 0 spiro atoms. The normalized spacial score (nSPS) is 52.5. The molecule has 4 heteroatoms. The lowest BCUT2D eigenvalue weighted by molar-refractivity contribution is -0.294. The number of aliphatic hydroxyl groups excluding tert-OH is 3. The standard InChI is InChI=1S/C28H48O4/c1-16(2)17(3)7-8-18(4)21-9-10-22-20-14-25(31)28(32)15-19(29)13-24(30)27(28,6)23(20)11-12-26(21,22)5/h17-25,29-32H,1,7-15H2,2-6H3/t17-,18+,19-,20?,21+,22?,23?,24+,25+,26+,27-,28-/m0/s1. The number of aliphatic hydroxyl groups is 4. The summed E-state index contributed by atoms with van der Waals surface area (Å²) in [5.74, 6) is 3.05. The summed E-state index contributed by atoms with van der Waals surface area (Å²) in [6.45, 7) is 15.5. The van der Waals surface area contributed by atoms with Gasteiger partial charge in [0, 0.05) is 11.8 Å². The molecule has 0 aromatic rings. The average molecular weight is 449 g/mol. The fraction of sp³-hybridized carbons (Fsp3) is 0.929. The monoisotopic (exact) mass is 448 g/mol. The van der Waals surface area contributed by atoms with Gasteiger partial charge in [-0.15, -0.1) is 0 Å². The Morgan fingerprint density at radius 3 is 2.31 bits per heavy atom. The van der Waals surface area contributed by atoms with E-state index >= 15 is 0 Å². The summed E-state index contributed by atoms with van der Waals surface area (Å²) in [4.78, 5) is 0. The Morgan fingerprint density at radius 1 is 0.969 bits per heavy atom. The molecule has 0 heterocycles. The van der Waals surface area contributed by atoms with E-state index in [1.165, 1.54) is 31.3 Å². The van der Waals surface area contributed by atoms with E-state index in [4.69, 9.17) is 0 Å². The summed E-state index contributed by atoms with van der Waals surface area (Å²) >= 11 is 0. The van der Waals surface area contributed by atoms with Crippen LogP contribution in [0.4, 0.5) is 0 Å². The molecule has 0 radical (unpaired) electrons. The minimum Gasteiger partial charge on any atom is -0.393 e. The maximum absolute atomic E-state index is 11.6. The van der Waals surface area contributed by atoms with Crippen molar-refractivity contribution in [1.29, 1.82) is 0 Å². The van der Waals surface area contributed by atoms with Gasteiger partial charge in [-0.1, -0.05) is 39.8 Å². The van der Waals surface area contributed by atoms with Gasteiger partial charge in [0.2, 0.25) is 0 Å². The highest BCUT2D eigenvalue weighted by Crippen LogP contribution is 2.69. The van der Waals surface area contributed by atoms with Gasteiger partial charge < -0.3 is 20.4 Å². The van der Waals surface area contributed by atoms with Crippen molar-refractivity contribution >= 4 is 0 Å². The third-order valence-electron chi connectivity index (χ3n) is 11.6. The highest BCUT2D eigenvalue weighted by atomic mass is 16.4. The number of fused-ring (bicyclic) bond motifs is 5.